The third-order valence-corrected chi connectivity index (χ3v) is 2.29. The highest BCUT2D eigenvalue weighted by Gasteiger charge is 2.48. The Morgan fingerprint density at radius 2 is 1.62 bits per heavy atom. The van der Waals surface area contributed by atoms with Crippen LogP contribution in [-0.4, -0.2) is 50.1 Å². The predicted octanol–water partition coefficient (Wildman–Crippen LogP) is -1.57. The second kappa shape index (κ2) is 3.71. The smallest absolute Gasteiger partial charge is 0.154 e. The van der Waals surface area contributed by atoms with Gasteiger partial charge >= 0.3 is 0 Å². The van der Waals surface area contributed by atoms with Gasteiger partial charge in [0.15, 0.2) is 6.29 Å². The normalized spacial score (nSPS) is 25.5. The molecular weight excluding hydrogens is 176 g/mol. The van der Waals surface area contributed by atoms with Crippen LogP contribution in [0.3, 0.4) is 0 Å². The molecule has 0 amide bonds. The van der Waals surface area contributed by atoms with Crippen LogP contribution in [0.4, 0.5) is 0 Å². The summed E-state index contributed by atoms with van der Waals surface area (Å²) in [7, 11) is 0. The molecule has 0 saturated carbocycles. The molecule has 0 unspecified atom stereocenters. The molecule has 0 aromatic carbocycles. The van der Waals surface area contributed by atoms with E-state index < -0.39 is 23.4 Å². The first-order valence-electron chi connectivity index (χ1n) is 3.94. The molecule has 0 aliphatic rings. The fourth-order valence-corrected chi connectivity index (χ4v) is 0.888. The molecule has 0 aliphatic heterocycles. The van der Waals surface area contributed by atoms with E-state index in [-0.39, 0.29) is 6.29 Å². The Kier molecular flexibility index (Phi) is 3.57. The largest absolute Gasteiger partial charge is 0.391 e. The van der Waals surface area contributed by atoms with Gasteiger partial charge in [-0.15, -0.1) is 0 Å². The van der Waals surface area contributed by atoms with Crippen molar-refractivity contribution in [3.05, 3.63) is 0 Å². The Hall–Kier alpha value is -0.490. The SMILES string of the molecule is C[C@H](O)[C@H](O)[C@@](C)(O)[C@@](C)(O)C=O. The number of hydrogen-bond donors (Lipinski definition) is 4. The molecule has 0 aromatic rings. The molecule has 0 bridgehead atoms. The molecule has 78 valence electrons. The lowest BCUT2D eigenvalue weighted by Gasteiger charge is -2.39. The van der Waals surface area contributed by atoms with Gasteiger partial charge in [0.2, 0.25) is 0 Å². The number of aldehydes is 1. The third kappa shape index (κ3) is 2.25. The number of hydrogen-bond acceptors (Lipinski definition) is 5. The summed E-state index contributed by atoms with van der Waals surface area (Å²) in [6.45, 7) is 3.39. The van der Waals surface area contributed by atoms with E-state index in [1.54, 1.807) is 0 Å². The lowest BCUT2D eigenvalue weighted by Crippen LogP contribution is -2.61. The van der Waals surface area contributed by atoms with Crippen LogP contribution in [0.15, 0.2) is 0 Å². The van der Waals surface area contributed by atoms with Gasteiger partial charge < -0.3 is 25.2 Å². The summed E-state index contributed by atoms with van der Waals surface area (Å²) in [5.74, 6) is 0. The van der Waals surface area contributed by atoms with E-state index in [2.05, 4.69) is 0 Å². The fourth-order valence-electron chi connectivity index (χ4n) is 0.888. The topological polar surface area (TPSA) is 98.0 Å². The monoisotopic (exact) mass is 192 g/mol. The van der Waals surface area contributed by atoms with E-state index in [0.717, 1.165) is 13.8 Å². The first-order valence-corrected chi connectivity index (χ1v) is 3.94. The number of aliphatic hydroxyl groups excluding tert-OH is 2. The summed E-state index contributed by atoms with van der Waals surface area (Å²) in [6, 6.07) is 0. The molecule has 5 heteroatoms. The zero-order valence-corrected chi connectivity index (χ0v) is 7.93. The van der Waals surface area contributed by atoms with E-state index in [0.29, 0.717) is 0 Å². The minimum Gasteiger partial charge on any atom is -0.391 e. The summed E-state index contributed by atoms with van der Waals surface area (Å²) in [4.78, 5) is 10.4. The highest BCUT2D eigenvalue weighted by Crippen LogP contribution is 2.25. The molecule has 0 fully saturated rings. The Bertz CT molecular complexity index is 185. The highest BCUT2D eigenvalue weighted by molar-refractivity contribution is 5.64. The van der Waals surface area contributed by atoms with Crippen LogP contribution < -0.4 is 0 Å². The summed E-state index contributed by atoms with van der Waals surface area (Å²) >= 11 is 0. The molecule has 0 heterocycles. The average Bonchev–Trinajstić information content (AvgIpc) is 2.02. The van der Waals surface area contributed by atoms with Crippen molar-refractivity contribution < 1.29 is 25.2 Å². The van der Waals surface area contributed by atoms with E-state index in [1.807, 2.05) is 0 Å². The molecule has 0 rings (SSSR count). The lowest BCUT2D eigenvalue weighted by molar-refractivity contribution is -0.198. The van der Waals surface area contributed by atoms with E-state index >= 15 is 0 Å². The van der Waals surface area contributed by atoms with Crippen molar-refractivity contribution in [2.75, 3.05) is 0 Å². The minimum atomic E-state index is -2.09. The average molecular weight is 192 g/mol. The van der Waals surface area contributed by atoms with Crippen LogP contribution in [-0.2, 0) is 4.79 Å². The first kappa shape index (κ1) is 12.5. The maximum absolute atomic E-state index is 10.4. The Labute approximate surface area is 76.6 Å². The number of carbonyl (C=O) groups is 1. The Morgan fingerprint density at radius 1 is 1.23 bits per heavy atom. The first-order chi connectivity index (χ1) is 5.66. The van der Waals surface area contributed by atoms with Crippen molar-refractivity contribution in [3.63, 3.8) is 0 Å². The fraction of sp³-hybridized carbons (Fsp3) is 0.875. The quantitative estimate of drug-likeness (QED) is 0.403. The number of aliphatic hydroxyl groups is 4. The van der Waals surface area contributed by atoms with Crippen molar-refractivity contribution in [1.82, 2.24) is 0 Å². The van der Waals surface area contributed by atoms with E-state index in [1.165, 1.54) is 6.92 Å². The Balaban J connectivity index is 4.84. The lowest BCUT2D eigenvalue weighted by atomic mass is 9.80. The van der Waals surface area contributed by atoms with Crippen LogP contribution in [0.5, 0.6) is 0 Å². The van der Waals surface area contributed by atoms with Crippen molar-refractivity contribution in [1.29, 1.82) is 0 Å². The maximum Gasteiger partial charge on any atom is 0.154 e. The second-order valence-corrected chi connectivity index (χ2v) is 3.60. The molecule has 0 radical (unpaired) electrons. The summed E-state index contributed by atoms with van der Waals surface area (Å²) < 4.78 is 0. The second-order valence-electron chi connectivity index (χ2n) is 3.60. The molecule has 0 saturated heterocycles. The van der Waals surface area contributed by atoms with Crippen LogP contribution in [0.1, 0.15) is 20.8 Å². The van der Waals surface area contributed by atoms with Crippen molar-refractivity contribution in [2.24, 2.45) is 0 Å². The molecule has 0 spiro atoms. The Morgan fingerprint density at radius 3 is 1.85 bits per heavy atom. The zero-order valence-electron chi connectivity index (χ0n) is 7.93. The standard InChI is InChI=1S/C8H16O5/c1-5(10)6(11)8(3,13)7(2,12)4-9/h4-6,10-13H,1-3H3/t5-,6-,7-,8+/m0/s1. The van der Waals surface area contributed by atoms with Gasteiger partial charge in [0.05, 0.1) is 6.10 Å². The molecule has 4 N–H and O–H groups in total. The highest BCUT2D eigenvalue weighted by atomic mass is 16.4. The molecular formula is C8H16O5. The van der Waals surface area contributed by atoms with Gasteiger partial charge in [0.1, 0.15) is 17.3 Å². The summed E-state index contributed by atoms with van der Waals surface area (Å²) in [6.07, 6.45) is -2.70. The van der Waals surface area contributed by atoms with Crippen LogP contribution >= 0.6 is 0 Å². The molecule has 5 nitrogen and oxygen atoms in total. The van der Waals surface area contributed by atoms with Crippen LogP contribution in [0.25, 0.3) is 0 Å². The summed E-state index contributed by atoms with van der Waals surface area (Å²) in [5, 5.41) is 37.3. The number of carbonyl (C=O) groups excluding carboxylic acids is 1. The molecule has 13 heavy (non-hydrogen) atoms. The van der Waals surface area contributed by atoms with Crippen LogP contribution in [0.2, 0.25) is 0 Å². The van der Waals surface area contributed by atoms with Gasteiger partial charge in [-0.05, 0) is 20.8 Å². The minimum absolute atomic E-state index is 0.124. The van der Waals surface area contributed by atoms with Gasteiger partial charge in [-0.2, -0.15) is 0 Å². The van der Waals surface area contributed by atoms with Gasteiger partial charge in [-0.1, -0.05) is 0 Å². The van der Waals surface area contributed by atoms with E-state index in [4.69, 9.17) is 5.11 Å². The van der Waals surface area contributed by atoms with Gasteiger partial charge in [0, 0.05) is 0 Å². The zero-order chi connectivity index (χ0) is 10.9. The van der Waals surface area contributed by atoms with Crippen molar-refractivity contribution >= 4 is 6.29 Å². The van der Waals surface area contributed by atoms with Gasteiger partial charge in [0.25, 0.3) is 0 Å². The predicted molar refractivity (Wildman–Crippen MR) is 45.0 cm³/mol. The third-order valence-electron chi connectivity index (χ3n) is 2.29. The summed E-state index contributed by atoms with van der Waals surface area (Å²) in [5.41, 5.74) is -4.17. The van der Waals surface area contributed by atoms with Crippen molar-refractivity contribution in [2.45, 2.75) is 44.2 Å². The van der Waals surface area contributed by atoms with E-state index in [9.17, 15) is 20.1 Å². The number of rotatable bonds is 4. The molecule has 0 aliphatic carbocycles. The molecule has 0 aromatic heterocycles. The van der Waals surface area contributed by atoms with Gasteiger partial charge in [-0.3, -0.25) is 0 Å². The van der Waals surface area contributed by atoms with Crippen molar-refractivity contribution in [3.8, 4) is 0 Å². The van der Waals surface area contributed by atoms with Gasteiger partial charge in [-0.25, -0.2) is 0 Å². The van der Waals surface area contributed by atoms with Crippen LogP contribution in [0, 0.1) is 0 Å². The molecule has 4 atom stereocenters. The maximum atomic E-state index is 10.4.